The summed E-state index contributed by atoms with van der Waals surface area (Å²) in [4.78, 5) is 27.4. The van der Waals surface area contributed by atoms with Crippen LogP contribution in [0.2, 0.25) is 0 Å². The largest absolute Gasteiger partial charge is 0.493 e. The van der Waals surface area contributed by atoms with Crippen molar-refractivity contribution in [2.24, 2.45) is 0 Å². The van der Waals surface area contributed by atoms with Crippen molar-refractivity contribution in [3.8, 4) is 11.5 Å². The molecule has 160 valence electrons. The second kappa shape index (κ2) is 11.0. The smallest absolute Gasteiger partial charge is 0.267 e. The fourth-order valence-electron chi connectivity index (χ4n) is 2.66. The minimum absolute atomic E-state index is 0.145. The molecular formula is C23H29N3O4. The molecule has 2 aromatic rings. The summed E-state index contributed by atoms with van der Waals surface area (Å²) in [6.45, 7) is 3.08. The first kappa shape index (κ1) is 23.0. The molecule has 2 amide bonds. The Hall–Kier alpha value is -3.32. The lowest BCUT2D eigenvalue weighted by Crippen LogP contribution is -2.37. The first-order valence-corrected chi connectivity index (χ1v) is 9.58. The van der Waals surface area contributed by atoms with Gasteiger partial charge in [-0.2, -0.15) is 0 Å². The Labute approximate surface area is 177 Å². The summed E-state index contributed by atoms with van der Waals surface area (Å²) in [6.07, 6.45) is 1.61. The van der Waals surface area contributed by atoms with Gasteiger partial charge >= 0.3 is 0 Å². The number of likely N-dealkylation sites (N-methyl/N-ethyl adjacent to an activating group) is 1. The lowest BCUT2D eigenvalue weighted by Gasteiger charge is -2.14. The fourth-order valence-corrected chi connectivity index (χ4v) is 2.66. The normalized spacial score (nSPS) is 11.2. The third-order valence-corrected chi connectivity index (χ3v) is 4.37. The lowest BCUT2D eigenvalue weighted by atomic mass is 10.1. The number of nitrogens with one attached hydrogen (secondary N) is 2. The Morgan fingerprint density at radius 3 is 2.27 bits per heavy atom. The highest BCUT2D eigenvalue weighted by Crippen LogP contribution is 2.28. The van der Waals surface area contributed by atoms with Gasteiger partial charge < -0.3 is 25.0 Å². The molecule has 0 saturated heterocycles. The van der Waals surface area contributed by atoms with Crippen LogP contribution in [0.25, 0.3) is 6.08 Å². The summed E-state index contributed by atoms with van der Waals surface area (Å²) in [5.41, 5.74) is 2.36. The van der Waals surface area contributed by atoms with E-state index < -0.39 is 0 Å². The molecule has 0 aliphatic heterocycles. The molecule has 2 N–H and O–H groups in total. The standard InChI is InChI=1S/C23H29N3O4/c1-16-6-9-18(10-7-16)22(27)25-19(23(28)24-12-13-26(2)3)14-17-8-11-20(29-4)21(15-17)30-5/h6-11,14-15H,12-13H2,1-5H3,(H,24,28)(H,25,27)/b19-14-. The summed E-state index contributed by atoms with van der Waals surface area (Å²) in [5.74, 6) is 0.385. The minimum atomic E-state index is -0.368. The first-order chi connectivity index (χ1) is 14.3. The van der Waals surface area contributed by atoms with Gasteiger partial charge in [0.05, 0.1) is 14.2 Å². The van der Waals surface area contributed by atoms with Crippen molar-refractivity contribution in [3.63, 3.8) is 0 Å². The van der Waals surface area contributed by atoms with Crippen molar-refractivity contribution in [2.45, 2.75) is 6.92 Å². The topological polar surface area (TPSA) is 79.9 Å². The van der Waals surface area contributed by atoms with Gasteiger partial charge in [0.15, 0.2) is 11.5 Å². The summed E-state index contributed by atoms with van der Waals surface area (Å²) in [5, 5.41) is 5.56. The number of rotatable bonds is 9. The van der Waals surface area contributed by atoms with E-state index in [-0.39, 0.29) is 17.5 Å². The molecule has 0 bridgehead atoms. The molecule has 0 radical (unpaired) electrons. The van der Waals surface area contributed by atoms with Crippen LogP contribution < -0.4 is 20.1 Å². The van der Waals surface area contributed by atoms with Crippen molar-refractivity contribution >= 4 is 17.9 Å². The molecule has 2 aromatic carbocycles. The van der Waals surface area contributed by atoms with E-state index in [1.165, 1.54) is 0 Å². The van der Waals surface area contributed by atoms with Gasteiger partial charge in [0.2, 0.25) is 0 Å². The number of amides is 2. The first-order valence-electron chi connectivity index (χ1n) is 9.58. The van der Waals surface area contributed by atoms with Crippen LogP contribution >= 0.6 is 0 Å². The van der Waals surface area contributed by atoms with Gasteiger partial charge in [0.25, 0.3) is 11.8 Å². The average molecular weight is 412 g/mol. The zero-order chi connectivity index (χ0) is 22.1. The highest BCUT2D eigenvalue weighted by Gasteiger charge is 2.15. The number of methoxy groups -OCH3 is 2. The Balaban J connectivity index is 2.30. The maximum atomic E-state index is 12.8. The molecule has 30 heavy (non-hydrogen) atoms. The number of benzene rings is 2. The van der Waals surface area contributed by atoms with E-state index in [1.807, 2.05) is 38.1 Å². The minimum Gasteiger partial charge on any atom is -0.493 e. The van der Waals surface area contributed by atoms with Crippen LogP contribution in [0.5, 0.6) is 11.5 Å². The Bertz CT molecular complexity index is 905. The molecule has 0 aromatic heterocycles. The van der Waals surface area contributed by atoms with E-state index in [0.29, 0.717) is 35.7 Å². The molecule has 0 saturated carbocycles. The van der Waals surface area contributed by atoms with Crippen molar-refractivity contribution < 1.29 is 19.1 Å². The zero-order valence-electron chi connectivity index (χ0n) is 18.1. The predicted molar refractivity (Wildman–Crippen MR) is 118 cm³/mol. The Kier molecular flexibility index (Phi) is 8.43. The van der Waals surface area contributed by atoms with Gasteiger partial charge in [0, 0.05) is 18.7 Å². The van der Waals surface area contributed by atoms with Gasteiger partial charge in [-0.1, -0.05) is 23.8 Å². The van der Waals surface area contributed by atoms with Crippen molar-refractivity contribution in [3.05, 3.63) is 64.9 Å². The number of hydrogen-bond acceptors (Lipinski definition) is 5. The van der Waals surface area contributed by atoms with Crippen molar-refractivity contribution in [1.29, 1.82) is 0 Å². The Morgan fingerprint density at radius 2 is 1.67 bits per heavy atom. The summed E-state index contributed by atoms with van der Waals surface area (Å²) >= 11 is 0. The van der Waals surface area contributed by atoms with Gasteiger partial charge in [-0.25, -0.2) is 0 Å². The zero-order valence-corrected chi connectivity index (χ0v) is 18.1. The number of aryl methyl sites for hydroxylation is 1. The predicted octanol–water partition coefficient (Wildman–Crippen LogP) is 2.46. The fraction of sp³-hybridized carbons (Fsp3) is 0.304. The van der Waals surface area contributed by atoms with Crippen LogP contribution in [-0.4, -0.2) is 58.1 Å². The molecule has 7 nitrogen and oxygen atoms in total. The van der Waals surface area contributed by atoms with E-state index in [9.17, 15) is 9.59 Å². The van der Waals surface area contributed by atoms with E-state index in [1.54, 1.807) is 50.6 Å². The molecule has 0 fully saturated rings. The number of ether oxygens (including phenoxy) is 2. The average Bonchev–Trinajstić information content (AvgIpc) is 2.73. The molecule has 0 aliphatic carbocycles. The van der Waals surface area contributed by atoms with Gasteiger partial charge in [-0.05, 0) is 56.9 Å². The van der Waals surface area contributed by atoms with Gasteiger partial charge in [-0.15, -0.1) is 0 Å². The molecule has 0 atom stereocenters. The summed E-state index contributed by atoms with van der Waals surface area (Å²) in [7, 11) is 6.94. The van der Waals surface area contributed by atoms with Crippen LogP contribution in [0.15, 0.2) is 48.2 Å². The van der Waals surface area contributed by atoms with Crippen molar-refractivity contribution in [2.75, 3.05) is 41.4 Å². The van der Waals surface area contributed by atoms with Crippen LogP contribution in [0, 0.1) is 6.92 Å². The van der Waals surface area contributed by atoms with Gasteiger partial charge in [0.1, 0.15) is 5.70 Å². The van der Waals surface area contributed by atoms with Crippen molar-refractivity contribution in [1.82, 2.24) is 15.5 Å². The lowest BCUT2D eigenvalue weighted by molar-refractivity contribution is -0.117. The molecule has 0 aliphatic rings. The molecule has 2 rings (SSSR count). The van der Waals surface area contributed by atoms with Gasteiger partial charge in [-0.3, -0.25) is 9.59 Å². The number of carbonyl (C=O) groups is 2. The van der Waals surface area contributed by atoms with E-state index in [0.717, 1.165) is 5.56 Å². The number of hydrogen-bond donors (Lipinski definition) is 2. The second-order valence-corrected chi connectivity index (χ2v) is 7.05. The SMILES string of the molecule is COc1ccc(/C=C(\NC(=O)c2ccc(C)cc2)C(=O)NCCN(C)C)cc1OC. The molecule has 0 spiro atoms. The maximum Gasteiger partial charge on any atom is 0.267 e. The monoisotopic (exact) mass is 411 g/mol. The second-order valence-electron chi connectivity index (χ2n) is 7.05. The van der Waals surface area contributed by atoms with E-state index >= 15 is 0 Å². The third-order valence-electron chi connectivity index (χ3n) is 4.37. The van der Waals surface area contributed by atoms with Crippen LogP contribution in [0.4, 0.5) is 0 Å². The number of carbonyl (C=O) groups excluding carboxylic acids is 2. The molecular weight excluding hydrogens is 382 g/mol. The molecule has 0 heterocycles. The van der Waals surface area contributed by atoms with Crippen LogP contribution in [-0.2, 0) is 4.79 Å². The van der Waals surface area contributed by atoms with E-state index in [4.69, 9.17) is 9.47 Å². The Morgan fingerprint density at radius 1 is 1.00 bits per heavy atom. The highest BCUT2D eigenvalue weighted by atomic mass is 16.5. The summed E-state index contributed by atoms with van der Waals surface area (Å²) in [6, 6.07) is 12.4. The van der Waals surface area contributed by atoms with Crippen LogP contribution in [0.1, 0.15) is 21.5 Å². The van der Waals surface area contributed by atoms with E-state index in [2.05, 4.69) is 10.6 Å². The molecule has 7 heteroatoms. The highest BCUT2D eigenvalue weighted by molar-refractivity contribution is 6.05. The maximum absolute atomic E-state index is 12.8. The molecule has 0 unspecified atom stereocenters. The quantitative estimate of drug-likeness (QED) is 0.620. The number of nitrogens with zero attached hydrogens (tertiary/aromatic N) is 1. The van der Waals surface area contributed by atoms with Crippen LogP contribution in [0.3, 0.4) is 0 Å². The third kappa shape index (κ3) is 6.63. The summed E-state index contributed by atoms with van der Waals surface area (Å²) < 4.78 is 10.6.